The van der Waals surface area contributed by atoms with Crippen LogP contribution >= 0.6 is 15.9 Å². The number of nitrogens with zero attached hydrogens (tertiary/aromatic N) is 1. The van der Waals surface area contributed by atoms with Crippen molar-refractivity contribution in [1.82, 2.24) is 10.2 Å². The molecule has 0 aliphatic rings. The minimum Gasteiger partial charge on any atom is -0.375 e. The van der Waals surface area contributed by atoms with Gasteiger partial charge in [0.05, 0.1) is 13.2 Å². The van der Waals surface area contributed by atoms with E-state index in [9.17, 15) is 0 Å². The van der Waals surface area contributed by atoms with Crippen LogP contribution in [0, 0.1) is 0 Å². The summed E-state index contributed by atoms with van der Waals surface area (Å²) >= 11 is 3.60. The molecule has 102 valence electrons. The molecule has 0 unspecified atom stereocenters. The topological polar surface area (TPSA) is 24.5 Å². The molecule has 0 fully saturated rings. The van der Waals surface area contributed by atoms with E-state index in [0.717, 1.165) is 30.7 Å². The Morgan fingerprint density at radius 3 is 2.72 bits per heavy atom. The third-order valence-corrected chi connectivity index (χ3v) is 3.38. The van der Waals surface area contributed by atoms with Crippen molar-refractivity contribution in [3.8, 4) is 0 Å². The van der Waals surface area contributed by atoms with Crippen LogP contribution in [-0.4, -0.2) is 38.7 Å². The quantitative estimate of drug-likeness (QED) is 0.747. The van der Waals surface area contributed by atoms with Gasteiger partial charge < -0.3 is 15.0 Å². The molecule has 1 aromatic rings. The first-order valence-corrected chi connectivity index (χ1v) is 7.13. The van der Waals surface area contributed by atoms with Crippen LogP contribution in [0.1, 0.15) is 18.1 Å². The molecule has 4 heteroatoms. The Labute approximate surface area is 119 Å². The third kappa shape index (κ3) is 5.96. The van der Waals surface area contributed by atoms with E-state index in [4.69, 9.17) is 4.74 Å². The Hall–Kier alpha value is -0.420. The summed E-state index contributed by atoms with van der Waals surface area (Å²) in [6, 6.07) is 6.44. The lowest BCUT2D eigenvalue weighted by Crippen LogP contribution is -2.18. The van der Waals surface area contributed by atoms with Crippen LogP contribution in [0.25, 0.3) is 0 Å². The first kappa shape index (κ1) is 15.6. The predicted molar refractivity (Wildman–Crippen MR) is 79.7 cm³/mol. The maximum absolute atomic E-state index is 5.65. The molecule has 0 atom stereocenters. The number of ether oxygens (including phenoxy) is 1. The molecule has 1 rings (SSSR count). The van der Waals surface area contributed by atoms with E-state index >= 15 is 0 Å². The average Bonchev–Trinajstić information content (AvgIpc) is 2.33. The van der Waals surface area contributed by atoms with Gasteiger partial charge in [-0.25, -0.2) is 0 Å². The molecule has 0 bridgehead atoms. The fourth-order valence-corrected chi connectivity index (χ4v) is 2.06. The molecular weight excluding hydrogens is 292 g/mol. The van der Waals surface area contributed by atoms with E-state index < -0.39 is 0 Å². The number of halogens is 1. The van der Waals surface area contributed by atoms with Crippen molar-refractivity contribution < 1.29 is 4.74 Å². The number of nitrogens with one attached hydrogen (secondary N) is 1. The summed E-state index contributed by atoms with van der Waals surface area (Å²) in [6.07, 6.45) is 0. The monoisotopic (exact) mass is 314 g/mol. The molecule has 1 aromatic carbocycles. The second kappa shape index (κ2) is 8.64. The Balaban J connectivity index is 2.42. The Kier molecular flexibility index (Phi) is 7.51. The number of hydrogen-bond acceptors (Lipinski definition) is 3. The highest BCUT2D eigenvalue weighted by Crippen LogP contribution is 2.19. The molecular formula is C14H23BrN2O. The van der Waals surface area contributed by atoms with E-state index in [2.05, 4.69) is 65.4 Å². The van der Waals surface area contributed by atoms with E-state index in [1.807, 2.05) is 0 Å². The molecule has 0 aliphatic carbocycles. The van der Waals surface area contributed by atoms with Crippen molar-refractivity contribution in [2.45, 2.75) is 20.1 Å². The average molecular weight is 315 g/mol. The zero-order valence-corrected chi connectivity index (χ0v) is 13.1. The van der Waals surface area contributed by atoms with E-state index in [-0.39, 0.29) is 0 Å². The molecule has 1 N–H and O–H groups in total. The van der Waals surface area contributed by atoms with Crippen molar-refractivity contribution in [1.29, 1.82) is 0 Å². The number of likely N-dealkylation sites (N-methyl/N-ethyl adjacent to an activating group) is 1. The number of hydrogen-bond donors (Lipinski definition) is 1. The second-order valence-corrected chi connectivity index (χ2v) is 5.42. The van der Waals surface area contributed by atoms with Crippen LogP contribution < -0.4 is 5.32 Å². The summed E-state index contributed by atoms with van der Waals surface area (Å²) in [7, 11) is 4.10. The molecule has 0 saturated heterocycles. The van der Waals surface area contributed by atoms with Gasteiger partial charge in [-0.05, 0) is 37.8 Å². The number of benzene rings is 1. The lowest BCUT2D eigenvalue weighted by molar-refractivity contribution is 0.105. The summed E-state index contributed by atoms with van der Waals surface area (Å²) in [5.41, 5.74) is 2.50. The van der Waals surface area contributed by atoms with Gasteiger partial charge >= 0.3 is 0 Å². The number of rotatable bonds is 8. The largest absolute Gasteiger partial charge is 0.375 e. The lowest BCUT2D eigenvalue weighted by Gasteiger charge is -2.11. The first-order chi connectivity index (χ1) is 8.63. The highest BCUT2D eigenvalue weighted by Gasteiger charge is 2.02. The van der Waals surface area contributed by atoms with Gasteiger partial charge in [0.2, 0.25) is 0 Å². The minimum atomic E-state index is 0.663. The fourth-order valence-electron chi connectivity index (χ4n) is 1.52. The predicted octanol–water partition coefficient (Wildman–Crippen LogP) is 2.64. The fraction of sp³-hybridized carbons (Fsp3) is 0.571. The first-order valence-electron chi connectivity index (χ1n) is 6.34. The molecule has 0 saturated carbocycles. The van der Waals surface area contributed by atoms with Crippen LogP contribution in [0.15, 0.2) is 22.7 Å². The van der Waals surface area contributed by atoms with Gasteiger partial charge in [0.25, 0.3) is 0 Å². The molecule has 0 heterocycles. The molecule has 0 radical (unpaired) electrons. The normalized spacial score (nSPS) is 11.2. The highest BCUT2D eigenvalue weighted by atomic mass is 79.9. The highest BCUT2D eigenvalue weighted by molar-refractivity contribution is 9.10. The second-order valence-electron chi connectivity index (χ2n) is 4.56. The Morgan fingerprint density at radius 2 is 2.11 bits per heavy atom. The molecule has 0 spiro atoms. The van der Waals surface area contributed by atoms with E-state index in [0.29, 0.717) is 6.61 Å². The van der Waals surface area contributed by atoms with Crippen molar-refractivity contribution in [2.24, 2.45) is 0 Å². The van der Waals surface area contributed by atoms with Crippen LogP contribution in [0.3, 0.4) is 0 Å². The maximum Gasteiger partial charge on any atom is 0.0728 e. The van der Waals surface area contributed by atoms with Crippen LogP contribution in [0.4, 0.5) is 0 Å². The summed E-state index contributed by atoms with van der Waals surface area (Å²) in [4.78, 5) is 2.12. The van der Waals surface area contributed by atoms with Crippen LogP contribution in [-0.2, 0) is 17.9 Å². The van der Waals surface area contributed by atoms with Crippen LogP contribution in [0.2, 0.25) is 0 Å². The molecule has 0 amide bonds. The molecule has 0 aliphatic heterocycles. The Morgan fingerprint density at radius 1 is 1.33 bits per heavy atom. The lowest BCUT2D eigenvalue weighted by atomic mass is 10.1. The summed E-state index contributed by atoms with van der Waals surface area (Å²) < 4.78 is 6.77. The van der Waals surface area contributed by atoms with Gasteiger partial charge in [0.1, 0.15) is 0 Å². The standard InChI is InChI=1S/C14H23BrN2O/c1-4-16-10-12-5-6-13(14(15)9-12)11-18-8-7-17(2)3/h5-6,9,16H,4,7-8,10-11H2,1-3H3. The van der Waals surface area contributed by atoms with Gasteiger partial charge in [-0.3, -0.25) is 0 Å². The van der Waals surface area contributed by atoms with E-state index in [1.54, 1.807) is 0 Å². The van der Waals surface area contributed by atoms with Gasteiger partial charge in [-0.2, -0.15) is 0 Å². The van der Waals surface area contributed by atoms with Gasteiger partial charge in [0.15, 0.2) is 0 Å². The zero-order chi connectivity index (χ0) is 13.4. The maximum atomic E-state index is 5.65. The third-order valence-electron chi connectivity index (χ3n) is 2.64. The van der Waals surface area contributed by atoms with Crippen molar-refractivity contribution in [3.05, 3.63) is 33.8 Å². The van der Waals surface area contributed by atoms with Gasteiger partial charge in [0, 0.05) is 17.6 Å². The van der Waals surface area contributed by atoms with Crippen LogP contribution in [0.5, 0.6) is 0 Å². The van der Waals surface area contributed by atoms with Gasteiger partial charge in [-0.1, -0.05) is 35.0 Å². The van der Waals surface area contributed by atoms with Crippen molar-refractivity contribution in [3.63, 3.8) is 0 Å². The Bertz CT molecular complexity index is 356. The van der Waals surface area contributed by atoms with Crippen molar-refractivity contribution in [2.75, 3.05) is 33.8 Å². The molecule has 0 aromatic heterocycles. The van der Waals surface area contributed by atoms with Crippen molar-refractivity contribution >= 4 is 15.9 Å². The van der Waals surface area contributed by atoms with E-state index in [1.165, 1.54) is 11.1 Å². The summed E-state index contributed by atoms with van der Waals surface area (Å²) in [5.74, 6) is 0. The summed E-state index contributed by atoms with van der Waals surface area (Å²) in [5, 5.41) is 3.32. The molecule has 18 heavy (non-hydrogen) atoms. The smallest absolute Gasteiger partial charge is 0.0728 e. The molecule has 3 nitrogen and oxygen atoms in total. The zero-order valence-electron chi connectivity index (χ0n) is 11.5. The van der Waals surface area contributed by atoms with Gasteiger partial charge in [-0.15, -0.1) is 0 Å². The minimum absolute atomic E-state index is 0.663. The summed E-state index contributed by atoms with van der Waals surface area (Å²) in [6.45, 7) is 6.40. The SMILES string of the molecule is CCNCc1ccc(COCCN(C)C)c(Br)c1.